The molecule has 1 saturated heterocycles. The van der Waals surface area contributed by atoms with E-state index in [2.05, 4.69) is 15.9 Å². The number of ether oxygens (including phenoxy) is 1. The maximum Gasteiger partial charge on any atom is 0.303 e. The molecule has 1 aliphatic heterocycles. The number of aliphatic hydroxyl groups is 1. The Morgan fingerprint density at radius 2 is 1.66 bits per heavy atom. The average Bonchev–Trinajstić information content (AvgIpc) is 3.03. The highest BCUT2D eigenvalue weighted by atomic mass is 79.9. The van der Waals surface area contributed by atoms with Gasteiger partial charge in [0.1, 0.15) is 11.5 Å². The van der Waals surface area contributed by atoms with Gasteiger partial charge in [-0.3, -0.25) is 14.4 Å². The minimum atomic E-state index is -0.861. The predicted octanol–water partition coefficient (Wildman–Crippen LogP) is 4.52. The number of aliphatic carboxylic acids is 1. The first kappa shape index (κ1) is 23.5. The van der Waals surface area contributed by atoms with Crippen molar-refractivity contribution >= 4 is 39.3 Å². The van der Waals surface area contributed by atoms with Crippen LogP contribution in [-0.4, -0.2) is 46.4 Å². The molecule has 1 aliphatic rings. The maximum absolute atomic E-state index is 13.0. The SMILES string of the molecule is COc1ccc(C(O)=C2C(=O)C(=O)N(CCCCCC(=O)O)C2c2ccc(Br)cc2)cc1. The Bertz CT molecular complexity index is 1030. The molecule has 1 unspecified atom stereocenters. The molecule has 1 fully saturated rings. The number of likely N-dealkylation sites (tertiary alicyclic amines) is 1. The van der Waals surface area contributed by atoms with E-state index in [0.717, 1.165) is 4.47 Å². The molecule has 7 nitrogen and oxygen atoms in total. The Labute approximate surface area is 194 Å². The van der Waals surface area contributed by atoms with Crippen LogP contribution in [0.5, 0.6) is 5.75 Å². The molecule has 168 valence electrons. The van der Waals surface area contributed by atoms with E-state index < -0.39 is 23.7 Å². The summed E-state index contributed by atoms with van der Waals surface area (Å²) in [6.07, 6.45) is 1.72. The van der Waals surface area contributed by atoms with Crippen LogP contribution in [0.15, 0.2) is 58.6 Å². The topological polar surface area (TPSA) is 104 Å². The summed E-state index contributed by atoms with van der Waals surface area (Å²) in [5.74, 6) is -1.91. The zero-order valence-corrected chi connectivity index (χ0v) is 19.2. The number of Topliss-reactive ketones (excluding diaryl/α,β-unsaturated/α-hetero) is 1. The quantitative estimate of drug-likeness (QED) is 0.226. The Hall–Kier alpha value is -3.13. The summed E-state index contributed by atoms with van der Waals surface area (Å²) in [5.41, 5.74) is 1.15. The number of hydrogen-bond donors (Lipinski definition) is 2. The summed E-state index contributed by atoms with van der Waals surface area (Å²) in [6.45, 7) is 0.282. The number of hydrogen-bond acceptors (Lipinski definition) is 5. The normalized spacial score (nSPS) is 17.6. The zero-order valence-electron chi connectivity index (χ0n) is 17.6. The van der Waals surface area contributed by atoms with E-state index in [1.165, 1.54) is 12.0 Å². The smallest absolute Gasteiger partial charge is 0.303 e. The third-order valence-electron chi connectivity index (χ3n) is 5.38. The molecule has 2 aromatic rings. The van der Waals surface area contributed by atoms with Crippen molar-refractivity contribution in [3.8, 4) is 5.75 Å². The number of carbonyl (C=O) groups is 3. The summed E-state index contributed by atoms with van der Waals surface area (Å²) in [4.78, 5) is 38.0. The van der Waals surface area contributed by atoms with Crippen molar-refractivity contribution in [3.05, 3.63) is 69.7 Å². The van der Waals surface area contributed by atoms with Crippen molar-refractivity contribution in [3.63, 3.8) is 0 Å². The Balaban J connectivity index is 1.96. The first-order chi connectivity index (χ1) is 15.3. The molecule has 2 N–H and O–H groups in total. The van der Waals surface area contributed by atoms with E-state index in [4.69, 9.17) is 9.84 Å². The number of aliphatic hydroxyl groups excluding tert-OH is 1. The monoisotopic (exact) mass is 501 g/mol. The Morgan fingerprint density at radius 1 is 1.00 bits per heavy atom. The number of rotatable bonds is 9. The zero-order chi connectivity index (χ0) is 23.3. The number of benzene rings is 2. The number of carboxylic acids is 1. The van der Waals surface area contributed by atoms with Gasteiger partial charge in [0.05, 0.1) is 18.7 Å². The van der Waals surface area contributed by atoms with Gasteiger partial charge in [-0.25, -0.2) is 0 Å². The molecule has 1 amide bonds. The average molecular weight is 502 g/mol. The number of carbonyl (C=O) groups excluding carboxylic acids is 2. The first-order valence-electron chi connectivity index (χ1n) is 10.2. The van der Waals surface area contributed by atoms with Crippen LogP contribution in [-0.2, 0) is 14.4 Å². The molecule has 3 rings (SSSR count). The lowest BCUT2D eigenvalue weighted by atomic mass is 9.95. The second-order valence-corrected chi connectivity index (χ2v) is 8.39. The van der Waals surface area contributed by atoms with Gasteiger partial charge in [-0.05, 0) is 54.8 Å². The van der Waals surface area contributed by atoms with E-state index in [1.54, 1.807) is 36.4 Å². The van der Waals surface area contributed by atoms with Crippen molar-refractivity contribution in [2.75, 3.05) is 13.7 Å². The molecule has 1 heterocycles. The number of nitrogens with zero attached hydrogens (tertiary/aromatic N) is 1. The molecule has 32 heavy (non-hydrogen) atoms. The summed E-state index contributed by atoms with van der Waals surface area (Å²) in [7, 11) is 1.53. The number of halogens is 1. The largest absolute Gasteiger partial charge is 0.507 e. The van der Waals surface area contributed by atoms with Crippen LogP contribution in [0.25, 0.3) is 5.76 Å². The first-order valence-corrected chi connectivity index (χ1v) is 11.0. The lowest BCUT2D eigenvalue weighted by Gasteiger charge is -2.25. The third kappa shape index (κ3) is 5.19. The lowest BCUT2D eigenvalue weighted by molar-refractivity contribution is -0.140. The minimum Gasteiger partial charge on any atom is -0.507 e. The van der Waals surface area contributed by atoms with Gasteiger partial charge < -0.3 is 19.8 Å². The lowest BCUT2D eigenvalue weighted by Crippen LogP contribution is -2.30. The van der Waals surface area contributed by atoms with Gasteiger partial charge in [0.15, 0.2) is 0 Å². The van der Waals surface area contributed by atoms with Crippen molar-refractivity contribution < 1.29 is 29.3 Å². The van der Waals surface area contributed by atoms with Crippen molar-refractivity contribution in [1.82, 2.24) is 4.90 Å². The molecule has 0 saturated carbocycles. The highest BCUT2D eigenvalue weighted by Crippen LogP contribution is 2.40. The molecule has 0 radical (unpaired) electrons. The van der Waals surface area contributed by atoms with Gasteiger partial charge in [0.2, 0.25) is 0 Å². The Kier molecular flexibility index (Phi) is 7.69. The minimum absolute atomic E-state index is 0.0352. The Morgan fingerprint density at radius 3 is 2.25 bits per heavy atom. The molecule has 8 heteroatoms. The molecule has 0 spiro atoms. The van der Waals surface area contributed by atoms with Gasteiger partial charge in [0.25, 0.3) is 11.7 Å². The van der Waals surface area contributed by atoms with Crippen LogP contribution in [0.2, 0.25) is 0 Å². The van der Waals surface area contributed by atoms with E-state index in [-0.39, 0.29) is 24.3 Å². The molecular weight excluding hydrogens is 478 g/mol. The fourth-order valence-electron chi connectivity index (χ4n) is 3.74. The van der Waals surface area contributed by atoms with Gasteiger partial charge in [0, 0.05) is 23.0 Å². The number of unbranched alkanes of at least 4 members (excludes halogenated alkanes) is 2. The molecular formula is C24H24BrNO6. The highest BCUT2D eigenvalue weighted by molar-refractivity contribution is 9.10. The van der Waals surface area contributed by atoms with Crippen LogP contribution in [0.3, 0.4) is 0 Å². The van der Waals surface area contributed by atoms with Crippen molar-refractivity contribution in [2.45, 2.75) is 31.7 Å². The van der Waals surface area contributed by atoms with Crippen LogP contribution < -0.4 is 4.74 Å². The van der Waals surface area contributed by atoms with E-state index in [9.17, 15) is 19.5 Å². The molecule has 0 aliphatic carbocycles. The fourth-order valence-corrected chi connectivity index (χ4v) is 4.01. The van der Waals surface area contributed by atoms with Gasteiger partial charge in [-0.2, -0.15) is 0 Å². The summed E-state index contributed by atoms with van der Waals surface area (Å²) in [6, 6.07) is 13.1. The second-order valence-electron chi connectivity index (χ2n) is 7.48. The number of methoxy groups -OCH3 is 1. The van der Waals surface area contributed by atoms with Gasteiger partial charge in [-0.15, -0.1) is 0 Å². The van der Waals surface area contributed by atoms with Crippen LogP contribution >= 0.6 is 15.9 Å². The van der Waals surface area contributed by atoms with Crippen molar-refractivity contribution in [1.29, 1.82) is 0 Å². The van der Waals surface area contributed by atoms with Gasteiger partial charge in [-0.1, -0.05) is 34.5 Å². The fraction of sp³-hybridized carbons (Fsp3) is 0.292. The molecule has 2 aromatic carbocycles. The maximum atomic E-state index is 13.0. The highest BCUT2D eigenvalue weighted by Gasteiger charge is 2.45. The second kappa shape index (κ2) is 10.5. The summed E-state index contributed by atoms with van der Waals surface area (Å²) >= 11 is 3.39. The molecule has 0 bridgehead atoms. The van der Waals surface area contributed by atoms with E-state index in [0.29, 0.717) is 36.1 Å². The number of amides is 1. The standard InChI is InChI=1S/C24H24BrNO6/c1-32-18-12-8-16(9-13-18)22(29)20-21(15-6-10-17(25)11-7-15)26(24(31)23(20)30)14-4-2-3-5-19(27)28/h6-13,21,29H,2-5,14H2,1H3,(H,27,28). The number of ketones is 1. The predicted molar refractivity (Wildman–Crippen MR) is 122 cm³/mol. The third-order valence-corrected chi connectivity index (χ3v) is 5.91. The van der Waals surface area contributed by atoms with E-state index >= 15 is 0 Å². The van der Waals surface area contributed by atoms with Gasteiger partial charge >= 0.3 is 5.97 Å². The summed E-state index contributed by atoms with van der Waals surface area (Å²) in [5, 5.41) is 19.8. The van der Waals surface area contributed by atoms with E-state index in [1.807, 2.05) is 12.1 Å². The molecule has 1 atom stereocenters. The summed E-state index contributed by atoms with van der Waals surface area (Å²) < 4.78 is 5.99. The molecule has 0 aromatic heterocycles. The van der Waals surface area contributed by atoms with Crippen LogP contribution in [0.4, 0.5) is 0 Å². The van der Waals surface area contributed by atoms with Crippen molar-refractivity contribution in [2.24, 2.45) is 0 Å². The van der Waals surface area contributed by atoms with Crippen LogP contribution in [0.1, 0.15) is 42.9 Å². The van der Waals surface area contributed by atoms with Crippen LogP contribution in [0, 0.1) is 0 Å². The number of carboxylic acid groups (broad SMARTS) is 1.